The van der Waals surface area contributed by atoms with Gasteiger partial charge in [0, 0.05) is 29.1 Å². The molecule has 2 amide bonds. The van der Waals surface area contributed by atoms with Crippen molar-refractivity contribution in [3.05, 3.63) is 82.9 Å². The molecule has 8 nitrogen and oxygen atoms in total. The topological polar surface area (TPSA) is 106 Å². The number of rotatable bonds is 9. The van der Waals surface area contributed by atoms with E-state index in [0.717, 1.165) is 24.5 Å². The molecule has 2 heterocycles. The maximum Gasteiger partial charge on any atom is 0.433 e. The third-order valence-electron chi connectivity index (χ3n) is 5.74. The molecule has 0 aliphatic rings. The predicted octanol–water partition coefficient (Wildman–Crippen LogP) is 8.83. The molecular weight excluding hydrogens is 611 g/mol. The van der Waals surface area contributed by atoms with Crippen molar-refractivity contribution in [2.45, 2.75) is 73.6 Å². The van der Waals surface area contributed by atoms with Crippen LogP contribution in [0.25, 0.3) is 22.4 Å². The lowest BCUT2D eigenvalue weighted by atomic mass is 10.1. The molecule has 2 N–H and O–H groups in total. The molecule has 0 unspecified atom stereocenters. The molecule has 0 atom stereocenters. The van der Waals surface area contributed by atoms with Gasteiger partial charge in [0.2, 0.25) is 5.89 Å². The lowest BCUT2D eigenvalue weighted by molar-refractivity contribution is -0.140. The summed E-state index contributed by atoms with van der Waals surface area (Å²) in [5.41, 5.74) is -1.07. The molecule has 4 aromatic rings. The lowest BCUT2D eigenvalue weighted by Crippen LogP contribution is -2.28. The van der Waals surface area contributed by atoms with E-state index in [4.69, 9.17) is 9.15 Å². The van der Waals surface area contributed by atoms with Gasteiger partial charge >= 0.3 is 12.3 Å². The number of pyridine rings is 1. The molecule has 0 bridgehead atoms. The number of fused-ring (bicyclic) bond motifs is 1. The number of aromatic nitrogens is 2. The highest BCUT2D eigenvalue weighted by Gasteiger charge is 2.32. The third-order valence-corrected chi connectivity index (χ3v) is 5.74. The van der Waals surface area contributed by atoms with Crippen LogP contribution in [0.1, 0.15) is 81.9 Å². The van der Waals surface area contributed by atoms with E-state index in [1.165, 1.54) is 30.3 Å². The number of nitrogens with one attached hydrogen (secondary N) is 2. The van der Waals surface area contributed by atoms with Crippen LogP contribution in [0.4, 0.5) is 26.7 Å². The van der Waals surface area contributed by atoms with E-state index in [1.807, 2.05) is 20.8 Å². The zero-order valence-electron chi connectivity index (χ0n) is 26.6. The molecule has 0 spiro atoms. The summed E-state index contributed by atoms with van der Waals surface area (Å²) in [4.78, 5) is 33.0. The quantitative estimate of drug-likeness (QED) is 0.139. The number of hydrogen-bond acceptors (Lipinski definition) is 6. The van der Waals surface area contributed by atoms with E-state index in [-0.39, 0.29) is 59.1 Å². The summed E-state index contributed by atoms with van der Waals surface area (Å²) in [6.07, 6.45) is -3.95. The summed E-state index contributed by atoms with van der Waals surface area (Å²) in [6, 6.07) is 9.27. The number of carbonyl (C=O) groups excluding carboxylic acids is 2. The van der Waals surface area contributed by atoms with Gasteiger partial charge in [0.05, 0.1) is 18.7 Å². The van der Waals surface area contributed by atoms with E-state index < -0.39 is 35.5 Å². The van der Waals surface area contributed by atoms with Gasteiger partial charge in [-0.15, -0.1) is 0 Å². The molecule has 46 heavy (non-hydrogen) atoms. The van der Waals surface area contributed by atoms with Crippen LogP contribution in [-0.4, -0.2) is 28.6 Å². The van der Waals surface area contributed by atoms with Crippen LogP contribution in [0.3, 0.4) is 0 Å². The zero-order valence-corrected chi connectivity index (χ0v) is 26.6. The molecule has 0 saturated heterocycles. The second-order valence-electron chi connectivity index (χ2n) is 10.4. The number of benzene rings is 2. The molecule has 0 saturated carbocycles. The molecule has 0 radical (unpaired) electrons. The van der Waals surface area contributed by atoms with Crippen molar-refractivity contribution in [1.82, 2.24) is 20.6 Å². The maximum absolute atomic E-state index is 14.0. The first-order valence-corrected chi connectivity index (χ1v) is 14.9. The number of nitrogens with zero attached hydrogens (tertiary/aromatic N) is 2. The number of hydrogen-bond donors (Lipinski definition) is 2. The van der Waals surface area contributed by atoms with Gasteiger partial charge in [0.15, 0.2) is 11.5 Å². The molecule has 2 aromatic heterocycles. The molecule has 250 valence electrons. The van der Waals surface area contributed by atoms with Gasteiger partial charge in [0.25, 0.3) is 5.91 Å². The predicted molar refractivity (Wildman–Crippen MR) is 165 cm³/mol. The lowest BCUT2D eigenvalue weighted by Gasteiger charge is -2.08. The van der Waals surface area contributed by atoms with E-state index in [1.54, 1.807) is 0 Å². The van der Waals surface area contributed by atoms with E-state index in [0.29, 0.717) is 12.5 Å². The summed E-state index contributed by atoms with van der Waals surface area (Å²) >= 11 is 0. The number of amides is 2. The summed E-state index contributed by atoms with van der Waals surface area (Å²) in [5, 5.41) is 5.19. The van der Waals surface area contributed by atoms with E-state index in [2.05, 4.69) is 41.4 Å². The minimum atomic E-state index is -4.65. The summed E-state index contributed by atoms with van der Waals surface area (Å²) in [7, 11) is 0. The number of oxazole rings is 1. The van der Waals surface area contributed by atoms with Gasteiger partial charge in [-0.25, -0.2) is 23.5 Å². The Morgan fingerprint density at radius 1 is 0.957 bits per heavy atom. The first-order valence-electron chi connectivity index (χ1n) is 14.9. The average molecular weight is 651 g/mol. The average Bonchev–Trinajstić information content (AvgIpc) is 3.43. The Bertz CT molecular complexity index is 1590. The Morgan fingerprint density at radius 2 is 1.65 bits per heavy atom. The summed E-state index contributed by atoms with van der Waals surface area (Å²) < 4.78 is 77.5. The highest BCUT2D eigenvalue weighted by molar-refractivity contribution is 5.96. The van der Waals surface area contributed by atoms with E-state index in [9.17, 15) is 31.5 Å². The number of ether oxygens (including phenoxy) is 1. The van der Waals surface area contributed by atoms with Crippen molar-refractivity contribution in [3.63, 3.8) is 0 Å². The van der Waals surface area contributed by atoms with Crippen LogP contribution in [0.2, 0.25) is 0 Å². The Morgan fingerprint density at radius 3 is 2.28 bits per heavy atom. The highest BCUT2D eigenvalue weighted by Crippen LogP contribution is 2.33. The molecule has 0 aliphatic heterocycles. The van der Waals surface area contributed by atoms with Crippen LogP contribution in [0.5, 0.6) is 0 Å². The van der Waals surface area contributed by atoms with Gasteiger partial charge in [-0.1, -0.05) is 60.1 Å². The fourth-order valence-electron chi connectivity index (χ4n) is 3.70. The fourth-order valence-corrected chi connectivity index (χ4v) is 3.70. The Hall–Kier alpha value is -4.55. The third kappa shape index (κ3) is 11.1. The van der Waals surface area contributed by atoms with Gasteiger partial charge < -0.3 is 19.8 Å². The zero-order chi connectivity index (χ0) is 34.4. The number of alkyl halides is 3. The van der Waals surface area contributed by atoms with Crippen molar-refractivity contribution in [3.8, 4) is 11.5 Å². The van der Waals surface area contributed by atoms with Crippen molar-refractivity contribution in [2.75, 3.05) is 6.61 Å². The van der Waals surface area contributed by atoms with Crippen LogP contribution in [0.15, 0.2) is 52.9 Å². The van der Waals surface area contributed by atoms with Crippen LogP contribution in [0, 0.1) is 17.6 Å². The van der Waals surface area contributed by atoms with Crippen molar-refractivity contribution in [1.29, 1.82) is 0 Å². The minimum absolute atomic E-state index is 0.0123. The second-order valence-corrected chi connectivity index (χ2v) is 10.4. The first-order chi connectivity index (χ1) is 21.8. The maximum atomic E-state index is 14.0. The number of unbranched alkanes of at least 4 members (excludes halogenated alkanes) is 1. The second kappa shape index (κ2) is 17.8. The number of carbonyl (C=O) groups is 2. The van der Waals surface area contributed by atoms with Gasteiger partial charge in [-0.05, 0) is 42.7 Å². The first kappa shape index (κ1) is 37.6. The number of alkyl carbamates (subject to hydrolysis) is 1. The van der Waals surface area contributed by atoms with Crippen molar-refractivity contribution in [2.24, 2.45) is 5.92 Å². The standard InChI is InChI=1S/C27H23F5N4O4.C4H10.C2H6/c1-2-3-11-39-26(38)34-14-21-23(24(37)33-13-15-7-8-16(28)12-19(15)29)36-25(40-21)18-5-4-6-20-17(18)9-10-22(35-20)27(30,31)32;1-4(2)3;1-2/h4-10,12H,2-3,11,13-14H2,1H3,(H,33,37)(H,34,38);4H,1-3H3;1-2H3. The SMILES string of the molecule is CC.CC(C)C.CCCCOC(=O)NCc1oc(-c2cccc3nc(C(F)(F)F)ccc23)nc1C(=O)NCc1ccc(F)cc1F. The monoisotopic (exact) mass is 650 g/mol. The Kier molecular flexibility index (Phi) is 14.6. The molecular formula is C33H39F5N4O4. The van der Waals surface area contributed by atoms with Crippen LogP contribution in [-0.2, 0) is 24.0 Å². The Balaban J connectivity index is 0.00000114. The molecule has 0 aliphatic carbocycles. The van der Waals surface area contributed by atoms with Gasteiger partial charge in [-0.2, -0.15) is 13.2 Å². The van der Waals surface area contributed by atoms with Gasteiger partial charge in [0.1, 0.15) is 17.3 Å². The largest absolute Gasteiger partial charge is 0.450 e. The molecule has 13 heteroatoms. The molecule has 0 fully saturated rings. The highest BCUT2D eigenvalue weighted by atomic mass is 19.4. The van der Waals surface area contributed by atoms with Crippen LogP contribution < -0.4 is 10.6 Å². The molecule has 2 aromatic carbocycles. The van der Waals surface area contributed by atoms with Crippen LogP contribution >= 0.6 is 0 Å². The normalized spacial score (nSPS) is 10.9. The summed E-state index contributed by atoms with van der Waals surface area (Å²) in [6.45, 7) is 12.0. The number of halogens is 5. The minimum Gasteiger partial charge on any atom is -0.450 e. The van der Waals surface area contributed by atoms with E-state index >= 15 is 0 Å². The van der Waals surface area contributed by atoms with Crippen molar-refractivity contribution < 1.29 is 40.7 Å². The fraction of sp³-hybridized carbons (Fsp3) is 0.394. The Labute approximate surface area is 264 Å². The smallest absolute Gasteiger partial charge is 0.433 e. The van der Waals surface area contributed by atoms with Gasteiger partial charge in [-0.3, -0.25) is 4.79 Å². The van der Waals surface area contributed by atoms with Crippen molar-refractivity contribution >= 4 is 22.9 Å². The molecule has 4 rings (SSSR count). The summed E-state index contributed by atoms with van der Waals surface area (Å²) in [5.74, 6) is -1.82.